The summed E-state index contributed by atoms with van der Waals surface area (Å²) in [7, 11) is 0. The lowest BCUT2D eigenvalue weighted by molar-refractivity contribution is -0.130. The van der Waals surface area contributed by atoms with Gasteiger partial charge in [0.25, 0.3) is 11.8 Å². The normalized spacial score (nSPS) is 12.5. The molecular formula is C28H27ClN4O3. The van der Waals surface area contributed by atoms with Gasteiger partial charge in [0, 0.05) is 40.9 Å². The van der Waals surface area contributed by atoms with Gasteiger partial charge in [-0.15, -0.1) is 0 Å². The van der Waals surface area contributed by atoms with Crippen LogP contribution in [0.5, 0.6) is 0 Å². The molecule has 0 radical (unpaired) electrons. The number of carbonyl (C=O) groups excluding carboxylic acids is 2. The van der Waals surface area contributed by atoms with Crippen LogP contribution in [-0.4, -0.2) is 41.1 Å². The van der Waals surface area contributed by atoms with Gasteiger partial charge in [-0.25, -0.2) is 0 Å². The molecule has 0 aliphatic carbocycles. The molecule has 2 amide bonds. The fourth-order valence-corrected chi connectivity index (χ4v) is 4.04. The minimum Gasteiger partial charge on any atom is -0.384 e. The molecule has 0 unspecified atom stereocenters. The third kappa shape index (κ3) is 6.38. The highest BCUT2D eigenvalue weighted by molar-refractivity contribution is 6.31. The van der Waals surface area contributed by atoms with Crippen LogP contribution in [0.3, 0.4) is 0 Å². The highest BCUT2D eigenvalue weighted by Gasteiger charge is 2.29. The number of aliphatic hydroxyl groups is 1. The molecule has 0 saturated carbocycles. The van der Waals surface area contributed by atoms with Crippen LogP contribution in [0.4, 0.5) is 5.69 Å². The molecule has 0 spiro atoms. The first-order valence-corrected chi connectivity index (χ1v) is 12.1. The van der Waals surface area contributed by atoms with Crippen molar-refractivity contribution in [2.24, 2.45) is 0 Å². The summed E-state index contributed by atoms with van der Waals surface area (Å²) in [6.45, 7) is 0.955. The van der Waals surface area contributed by atoms with E-state index >= 15 is 0 Å². The van der Waals surface area contributed by atoms with Gasteiger partial charge in [0.1, 0.15) is 0 Å². The van der Waals surface area contributed by atoms with E-state index < -0.39 is 18.1 Å². The number of hydrogen-bond acceptors (Lipinski definition) is 5. The molecule has 4 aromatic rings. The Hall–Kier alpha value is -3.94. The highest BCUT2D eigenvalue weighted by atomic mass is 35.5. The van der Waals surface area contributed by atoms with E-state index in [2.05, 4.69) is 20.9 Å². The topological polar surface area (TPSA) is 103 Å². The van der Waals surface area contributed by atoms with Crippen LogP contribution in [-0.2, 0) is 4.79 Å². The van der Waals surface area contributed by atoms with Gasteiger partial charge in [0.05, 0.1) is 11.6 Å². The van der Waals surface area contributed by atoms with Crippen LogP contribution in [0.2, 0.25) is 5.02 Å². The number of amides is 2. The molecule has 4 N–H and O–H groups in total. The fourth-order valence-electron chi connectivity index (χ4n) is 3.87. The van der Waals surface area contributed by atoms with Crippen LogP contribution in [0, 0.1) is 0 Å². The summed E-state index contributed by atoms with van der Waals surface area (Å²) in [4.78, 5) is 29.8. The Balaban J connectivity index is 1.33. The number of aromatic nitrogens is 1. The van der Waals surface area contributed by atoms with Crippen molar-refractivity contribution in [3.8, 4) is 0 Å². The number of halogens is 1. The van der Waals surface area contributed by atoms with E-state index in [0.717, 1.165) is 16.6 Å². The van der Waals surface area contributed by atoms with Crippen molar-refractivity contribution >= 4 is 40.0 Å². The van der Waals surface area contributed by atoms with Crippen molar-refractivity contribution < 1.29 is 14.7 Å². The lowest BCUT2D eigenvalue weighted by Crippen LogP contribution is -2.45. The standard InChI is InChI=1S/C28H27ClN4O3/c29-21-12-13-22-23(14-17-31-24(22)18-21)30-15-7-16-32-28(36)26(34)25(19-8-3-1-4-9-19)33-27(35)20-10-5-2-6-11-20/h1-6,8-14,17-18,25-26,34H,7,15-16H2,(H,30,31)(H,32,36)(H,33,35)/t25-,26+/m0/s1. The summed E-state index contributed by atoms with van der Waals surface area (Å²) in [5.41, 5.74) is 2.81. The van der Waals surface area contributed by atoms with E-state index in [0.29, 0.717) is 35.7 Å². The summed E-state index contributed by atoms with van der Waals surface area (Å²) >= 11 is 6.05. The molecule has 2 atom stereocenters. The van der Waals surface area contributed by atoms with Gasteiger partial charge >= 0.3 is 0 Å². The van der Waals surface area contributed by atoms with Crippen molar-refractivity contribution in [3.63, 3.8) is 0 Å². The van der Waals surface area contributed by atoms with Gasteiger partial charge in [-0.2, -0.15) is 0 Å². The summed E-state index contributed by atoms with van der Waals surface area (Å²) < 4.78 is 0. The lowest BCUT2D eigenvalue weighted by Gasteiger charge is -2.24. The molecule has 8 heteroatoms. The van der Waals surface area contributed by atoms with E-state index in [1.165, 1.54) is 0 Å². The quantitative estimate of drug-likeness (QED) is 0.242. The maximum absolute atomic E-state index is 12.8. The number of aliphatic hydroxyl groups excluding tert-OH is 1. The van der Waals surface area contributed by atoms with Crippen molar-refractivity contribution in [1.29, 1.82) is 0 Å². The van der Waals surface area contributed by atoms with Gasteiger partial charge < -0.3 is 21.1 Å². The first-order chi connectivity index (χ1) is 17.5. The minimum atomic E-state index is -1.46. The molecule has 4 rings (SSSR count). The van der Waals surface area contributed by atoms with Crippen LogP contribution in [0.15, 0.2) is 91.1 Å². The van der Waals surface area contributed by atoms with Gasteiger partial charge in [-0.3, -0.25) is 14.6 Å². The van der Waals surface area contributed by atoms with Crippen molar-refractivity contribution in [3.05, 3.63) is 107 Å². The minimum absolute atomic E-state index is 0.353. The summed E-state index contributed by atoms with van der Waals surface area (Å²) in [5, 5.41) is 21.3. The van der Waals surface area contributed by atoms with E-state index in [1.54, 1.807) is 54.7 Å². The number of fused-ring (bicyclic) bond motifs is 1. The Morgan fingerprint density at radius 3 is 2.39 bits per heavy atom. The average Bonchev–Trinajstić information content (AvgIpc) is 2.91. The average molecular weight is 503 g/mol. The zero-order valence-corrected chi connectivity index (χ0v) is 20.3. The predicted molar refractivity (Wildman–Crippen MR) is 142 cm³/mol. The van der Waals surface area contributed by atoms with E-state index in [4.69, 9.17) is 11.6 Å². The first kappa shape index (κ1) is 25.2. The molecule has 7 nitrogen and oxygen atoms in total. The number of nitrogens with one attached hydrogen (secondary N) is 3. The lowest BCUT2D eigenvalue weighted by atomic mass is 10.00. The van der Waals surface area contributed by atoms with Crippen LogP contribution in [0.25, 0.3) is 10.9 Å². The molecule has 0 bridgehead atoms. The van der Waals surface area contributed by atoms with Crippen LogP contribution >= 0.6 is 11.6 Å². The Bertz CT molecular complexity index is 1320. The van der Waals surface area contributed by atoms with Gasteiger partial charge in [0.2, 0.25) is 0 Å². The number of pyridine rings is 1. The molecule has 3 aromatic carbocycles. The van der Waals surface area contributed by atoms with Crippen molar-refractivity contribution in [2.75, 3.05) is 18.4 Å². The summed E-state index contributed by atoms with van der Waals surface area (Å²) in [6, 6.07) is 24.2. The monoisotopic (exact) mass is 502 g/mol. The molecule has 0 fully saturated rings. The Kier molecular flexibility index (Phi) is 8.49. The fraction of sp³-hybridized carbons (Fsp3) is 0.179. The number of carbonyl (C=O) groups is 2. The second kappa shape index (κ2) is 12.2. The molecule has 0 saturated heterocycles. The Morgan fingerprint density at radius 2 is 1.64 bits per heavy atom. The number of hydrogen-bond donors (Lipinski definition) is 4. The first-order valence-electron chi connectivity index (χ1n) is 11.7. The SMILES string of the molecule is O=C(N[C@@H](c1ccccc1)[C@@H](O)C(=O)NCCCNc1ccnc2cc(Cl)ccc12)c1ccccc1. The zero-order valence-electron chi connectivity index (χ0n) is 19.5. The van der Waals surface area contributed by atoms with E-state index in [1.807, 2.05) is 36.4 Å². The third-order valence-electron chi connectivity index (χ3n) is 5.74. The van der Waals surface area contributed by atoms with Gasteiger partial charge in [-0.05, 0) is 48.4 Å². The molecular weight excluding hydrogens is 476 g/mol. The molecule has 0 aliphatic rings. The molecule has 1 heterocycles. The molecule has 184 valence electrons. The molecule has 1 aromatic heterocycles. The highest BCUT2D eigenvalue weighted by Crippen LogP contribution is 2.24. The molecule has 0 aliphatic heterocycles. The van der Waals surface area contributed by atoms with E-state index in [-0.39, 0.29) is 5.91 Å². The maximum atomic E-state index is 12.8. The van der Waals surface area contributed by atoms with Gasteiger partial charge in [-0.1, -0.05) is 60.1 Å². The van der Waals surface area contributed by atoms with E-state index in [9.17, 15) is 14.7 Å². The smallest absolute Gasteiger partial charge is 0.251 e. The number of benzene rings is 3. The van der Waals surface area contributed by atoms with Crippen molar-refractivity contribution in [1.82, 2.24) is 15.6 Å². The van der Waals surface area contributed by atoms with Crippen LogP contribution < -0.4 is 16.0 Å². The molecule has 36 heavy (non-hydrogen) atoms. The summed E-state index contributed by atoms with van der Waals surface area (Å²) in [6.07, 6.45) is 0.886. The largest absolute Gasteiger partial charge is 0.384 e. The summed E-state index contributed by atoms with van der Waals surface area (Å²) in [5.74, 6) is -0.924. The zero-order chi connectivity index (χ0) is 25.3. The number of nitrogens with zero attached hydrogens (tertiary/aromatic N) is 1. The second-order valence-corrected chi connectivity index (χ2v) is 8.70. The maximum Gasteiger partial charge on any atom is 0.251 e. The van der Waals surface area contributed by atoms with Crippen LogP contribution in [0.1, 0.15) is 28.4 Å². The Labute approximate surface area is 214 Å². The number of anilines is 1. The van der Waals surface area contributed by atoms with Crippen molar-refractivity contribution in [2.45, 2.75) is 18.6 Å². The third-order valence-corrected chi connectivity index (χ3v) is 5.97. The number of rotatable bonds is 10. The van der Waals surface area contributed by atoms with Gasteiger partial charge in [0.15, 0.2) is 6.10 Å². The predicted octanol–water partition coefficient (Wildman–Crippen LogP) is 4.34. The Morgan fingerprint density at radius 1 is 0.917 bits per heavy atom. The second-order valence-electron chi connectivity index (χ2n) is 8.26.